The van der Waals surface area contributed by atoms with E-state index >= 15 is 0 Å². The van der Waals surface area contributed by atoms with Crippen LogP contribution in [-0.4, -0.2) is 48.1 Å². The second kappa shape index (κ2) is 14.5. The van der Waals surface area contributed by atoms with Gasteiger partial charge in [0.2, 0.25) is 5.91 Å². The maximum absolute atomic E-state index is 13.5. The summed E-state index contributed by atoms with van der Waals surface area (Å²) < 4.78 is 0. The molecule has 1 saturated carbocycles. The number of nitrogens with one attached hydrogen (secondary N) is 2. The molecule has 1 aliphatic rings. The minimum absolute atomic E-state index is 0.0664. The van der Waals surface area contributed by atoms with Crippen molar-refractivity contribution in [1.29, 1.82) is 0 Å². The molecule has 1 aromatic heterocycles. The number of aromatic nitrogens is 1. The van der Waals surface area contributed by atoms with Crippen molar-refractivity contribution in [2.75, 3.05) is 24.3 Å². The van der Waals surface area contributed by atoms with Crippen molar-refractivity contribution >= 4 is 69.1 Å². The summed E-state index contributed by atoms with van der Waals surface area (Å²) in [4.78, 5) is 33.6. The average molecular weight is 636 g/mol. The Hall–Kier alpha value is -3.26. The minimum atomic E-state index is -0.513. The molecule has 43 heavy (non-hydrogen) atoms. The van der Waals surface area contributed by atoms with Gasteiger partial charge < -0.3 is 15.5 Å². The maximum Gasteiger partial charge on any atom is 0.233 e. The van der Waals surface area contributed by atoms with Crippen molar-refractivity contribution in [3.63, 3.8) is 0 Å². The molecule has 0 radical (unpaired) electrons. The normalized spacial score (nSPS) is 17.3. The first kappa shape index (κ1) is 31.2. The molecule has 224 valence electrons. The van der Waals surface area contributed by atoms with Crippen LogP contribution in [0, 0.1) is 0 Å². The van der Waals surface area contributed by atoms with E-state index in [9.17, 15) is 9.59 Å². The van der Waals surface area contributed by atoms with Crippen molar-refractivity contribution in [2.24, 2.45) is 0 Å². The summed E-state index contributed by atoms with van der Waals surface area (Å²) in [5, 5.41) is 8.75. The molecular weight excluding hydrogens is 599 g/mol. The molecule has 5 rings (SSSR count). The predicted molar refractivity (Wildman–Crippen MR) is 181 cm³/mol. The number of thioether (sulfide) groups is 1. The highest BCUT2D eigenvalue weighted by atomic mass is 35.5. The van der Waals surface area contributed by atoms with Gasteiger partial charge in [0.05, 0.1) is 10.8 Å². The Labute approximate surface area is 267 Å². The summed E-state index contributed by atoms with van der Waals surface area (Å²) in [5.74, 6) is 1.31. The lowest BCUT2D eigenvalue weighted by Crippen LogP contribution is -2.44. The Morgan fingerprint density at radius 3 is 2.21 bits per heavy atom. The van der Waals surface area contributed by atoms with Gasteiger partial charge in [-0.05, 0) is 73.7 Å². The second-order valence-corrected chi connectivity index (χ2v) is 13.3. The molecule has 1 atom stereocenters. The van der Waals surface area contributed by atoms with Crippen LogP contribution in [0.1, 0.15) is 48.0 Å². The second-order valence-electron chi connectivity index (χ2n) is 11.2. The lowest BCUT2D eigenvalue weighted by atomic mass is 9.91. The zero-order valence-electron chi connectivity index (χ0n) is 24.4. The number of hydrogen-bond donors (Lipinski definition) is 2. The first-order valence-corrected chi connectivity index (χ1v) is 16.3. The van der Waals surface area contributed by atoms with Crippen LogP contribution in [0.5, 0.6) is 0 Å². The van der Waals surface area contributed by atoms with Crippen LogP contribution in [-0.2, 0) is 10.5 Å². The molecule has 0 saturated heterocycles. The summed E-state index contributed by atoms with van der Waals surface area (Å²) in [7, 11) is 4.09. The van der Waals surface area contributed by atoms with Crippen molar-refractivity contribution in [3.8, 4) is 0 Å². The van der Waals surface area contributed by atoms with E-state index < -0.39 is 5.25 Å². The fourth-order valence-electron chi connectivity index (χ4n) is 5.41. The Morgan fingerprint density at radius 1 is 0.907 bits per heavy atom. The molecule has 4 aromatic rings. The Kier molecular flexibility index (Phi) is 10.5. The van der Waals surface area contributed by atoms with E-state index in [4.69, 9.17) is 28.2 Å². The molecule has 0 aliphatic heterocycles. The molecular formula is C34H36Cl2N4O2S. The third kappa shape index (κ3) is 8.43. The molecule has 1 amide bonds. The van der Waals surface area contributed by atoms with Crippen LogP contribution in [0.2, 0.25) is 10.0 Å². The largest absolute Gasteiger partial charge is 0.377 e. The molecule has 9 heteroatoms. The number of anilines is 2. The number of rotatable bonds is 11. The number of carbonyl (C=O) groups excluding carboxylic acids is 2. The number of Topliss-reactive ketones (excluding diaryl/α,β-unsaturated/α-hetero) is 1. The number of carbonyl (C=O) groups is 2. The number of halogens is 2. The van der Waals surface area contributed by atoms with Gasteiger partial charge in [-0.25, -0.2) is 4.98 Å². The first-order chi connectivity index (χ1) is 20.7. The first-order valence-electron chi connectivity index (χ1n) is 14.5. The highest BCUT2D eigenvalue weighted by Crippen LogP contribution is 2.30. The highest BCUT2D eigenvalue weighted by Gasteiger charge is 2.28. The number of para-hydroxylation sites is 1. The Bertz CT molecular complexity index is 1560. The Balaban J connectivity index is 1.20. The number of ketones is 1. The number of pyridine rings is 1. The van der Waals surface area contributed by atoms with Crippen LogP contribution in [0.3, 0.4) is 0 Å². The molecule has 1 aliphatic carbocycles. The molecule has 0 bridgehead atoms. The summed E-state index contributed by atoms with van der Waals surface area (Å²) >= 11 is 13.5. The molecule has 1 fully saturated rings. The molecule has 3 aromatic carbocycles. The van der Waals surface area contributed by atoms with Gasteiger partial charge in [0.1, 0.15) is 5.82 Å². The van der Waals surface area contributed by atoms with Gasteiger partial charge in [0.15, 0.2) is 5.78 Å². The summed E-state index contributed by atoms with van der Waals surface area (Å²) in [5.41, 5.74) is 3.70. The number of nitrogens with zero attached hydrogens (tertiary/aromatic N) is 2. The van der Waals surface area contributed by atoms with Crippen LogP contribution in [0.15, 0.2) is 78.9 Å². The Morgan fingerprint density at radius 2 is 1.53 bits per heavy atom. The predicted octanol–water partition coefficient (Wildman–Crippen LogP) is 8.02. The van der Waals surface area contributed by atoms with Crippen molar-refractivity contribution < 1.29 is 9.59 Å². The van der Waals surface area contributed by atoms with E-state index in [1.165, 1.54) is 11.8 Å². The smallest absolute Gasteiger partial charge is 0.233 e. The van der Waals surface area contributed by atoms with Gasteiger partial charge in [-0.3, -0.25) is 9.59 Å². The summed E-state index contributed by atoms with van der Waals surface area (Å²) in [6.45, 7) is 0. The molecule has 2 N–H and O–H groups in total. The van der Waals surface area contributed by atoms with Gasteiger partial charge in [-0.1, -0.05) is 53.5 Å². The van der Waals surface area contributed by atoms with Gasteiger partial charge in [0.25, 0.3) is 0 Å². The highest BCUT2D eigenvalue weighted by molar-refractivity contribution is 7.99. The lowest BCUT2D eigenvalue weighted by molar-refractivity contribution is -0.121. The van der Waals surface area contributed by atoms with Crippen LogP contribution in [0.4, 0.5) is 11.5 Å². The van der Waals surface area contributed by atoms with Gasteiger partial charge >= 0.3 is 0 Å². The quantitative estimate of drug-likeness (QED) is 0.163. The molecule has 1 heterocycles. The zero-order valence-corrected chi connectivity index (χ0v) is 26.7. The van der Waals surface area contributed by atoms with Gasteiger partial charge in [-0.15, -0.1) is 11.8 Å². The van der Waals surface area contributed by atoms with Crippen molar-refractivity contribution in [1.82, 2.24) is 10.3 Å². The standard InChI is InChI=1S/C34H36Cl2N4O2S/c1-40(2)30-19-33(39-29-6-4-3-5-28(29)30)37-26-15-17-27(18-16-26)38-34(42)32(43-21-22-7-11-24(35)12-8-22)20-31(41)23-9-13-25(36)14-10-23/h3-14,19,26-27,32H,15-18,20-21H2,1-2H3,(H,37,39)(H,38,42)/t26-,27+,32?. The van der Waals surface area contributed by atoms with E-state index in [-0.39, 0.29) is 30.2 Å². The lowest BCUT2D eigenvalue weighted by Gasteiger charge is -2.31. The van der Waals surface area contributed by atoms with Gasteiger partial charge in [-0.2, -0.15) is 0 Å². The van der Waals surface area contributed by atoms with E-state index in [1.54, 1.807) is 24.3 Å². The van der Waals surface area contributed by atoms with E-state index in [2.05, 4.69) is 27.7 Å². The molecule has 1 unspecified atom stereocenters. The number of amides is 1. The fourth-order valence-corrected chi connectivity index (χ4v) is 6.74. The van der Waals surface area contributed by atoms with Crippen LogP contribution >= 0.6 is 35.0 Å². The monoisotopic (exact) mass is 634 g/mol. The van der Waals surface area contributed by atoms with Crippen molar-refractivity contribution in [2.45, 2.75) is 55.2 Å². The number of fused-ring (bicyclic) bond motifs is 1. The fraction of sp³-hybridized carbons (Fsp3) is 0.324. The summed E-state index contributed by atoms with van der Waals surface area (Å²) in [6.07, 6.45) is 3.67. The number of hydrogen-bond acceptors (Lipinski definition) is 6. The third-order valence-electron chi connectivity index (χ3n) is 7.80. The summed E-state index contributed by atoms with van der Waals surface area (Å²) in [6, 6.07) is 25.0. The minimum Gasteiger partial charge on any atom is -0.377 e. The van der Waals surface area contributed by atoms with E-state index in [0.29, 0.717) is 21.4 Å². The maximum atomic E-state index is 13.5. The van der Waals surface area contributed by atoms with Crippen LogP contribution < -0.4 is 15.5 Å². The van der Waals surface area contributed by atoms with Crippen molar-refractivity contribution in [3.05, 3.63) is 100 Å². The van der Waals surface area contributed by atoms with Gasteiger partial charge in [0, 0.05) is 71.1 Å². The van der Waals surface area contributed by atoms with Crippen LogP contribution in [0.25, 0.3) is 10.9 Å². The zero-order chi connectivity index (χ0) is 30.3. The topological polar surface area (TPSA) is 74.3 Å². The number of benzene rings is 3. The molecule has 6 nitrogen and oxygen atoms in total. The molecule has 0 spiro atoms. The van der Waals surface area contributed by atoms with E-state index in [1.807, 2.05) is 56.6 Å². The SMILES string of the molecule is CN(C)c1cc(N[C@H]2CC[C@@H](NC(=O)C(CC(=O)c3ccc(Cl)cc3)SCc3ccc(Cl)cc3)CC2)nc2ccccc12. The average Bonchev–Trinajstić information content (AvgIpc) is 3.00. The van der Waals surface area contributed by atoms with E-state index in [0.717, 1.165) is 53.7 Å². The third-order valence-corrected chi connectivity index (χ3v) is 9.58.